The van der Waals surface area contributed by atoms with Crippen molar-refractivity contribution in [2.45, 2.75) is 26.7 Å². The molecule has 0 aromatic heterocycles. The second kappa shape index (κ2) is 11.1. The van der Waals surface area contributed by atoms with E-state index >= 15 is 0 Å². The van der Waals surface area contributed by atoms with Crippen molar-refractivity contribution in [3.05, 3.63) is 30.3 Å². The quantitative estimate of drug-likeness (QED) is 0.572. The maximum atomic E-state index is 5.79. The fraction of sp³-hybridized carbons (Fsp3) is 0.667. The minimum atomic E-state index is 0.646. The van der Waals surface area contributed by atoms with Crippen LogP contribution in [0.15, 0.2) is 35.3 Å². The number of para-hydroxylation sites is 1. The number of rotatable bonds is 8. The van der Waals surface area contributed by atoms with Crippen LogP contribution in [-0.2, 0) is 0 Å². The lowest BCUT2D eigenvalue weighted by atomic mass is 9.97. The van der Waals surface area contributed by atoms with E-state index in [-0.39, 0.29) is 0 Å². The second-order valence-electron chi connectivity index (χ2n) is 7.67. The van der Waals surface area contributed by atoms with E-state index in [4.69, 9.17) is 4.74 Å². The first-order chi connectivity index (χ1) is 12.6. The van der Waals surface area contributed by atoms with E-state index in [0.717, 1.165) is 30.7 Å². The molecule has 146 valence electrons. The summed E-state index contributed by atoms with van der Waals surface area (Å²) in [6.07, 6.45) is 2.61. The molecule has 1 saturated heterocycles. The van der Waals surface area contributed by atoms with Gasteiger partial charge in [-0.05, 0) is 43.4 Å². The summed E-state index contributed by atoms with van der Waals surface area (Å²) < 4.78 is 5.79. The van der Waals surface area contributed by atoms with Crippen LogP contribution in [0.25, 0.3) is 0 Å². The highest BCUT2D eigenvalue weighted by Gasteiger charge is 2.20. The summed E-state index contributed by atoms with van der Waals surface area (Å²) in [6, 6.07) is 9.95. The Morgan fingerprint density at radius 2 is 2.12 bits per heavy atom. The molecule has 1 aromatic carbocycles. The summed E-state index contributed by atoms with van der Waals surface area (Å²) in [7, 11) is 3.92. The van der Waals surface area contributed by atoms with Gasteiger partial charge in [-0.2, -0.15) is 0 Å². The Kier molecular flexibility index (Phi) is 8.75. The zero-order valence-corrected chi connectivity index (χ0v) is 16.9. The second-order valence-corrected chi connectivity index (χ2v) is 7.67. The van der Waals surface area contributed by atoms with E-state index in [0.29, 0.717) is 12.5 Å². The smallest absolute Gasteiger partial charge is 0.193 e. The monoisotopic (exact) mass is 360 g/mol. The predicted octanol–water partition coefficient (Wildman–Crippen LogP) is 2.94. The molecule has 1 aromatic rings. The van der Waals surface area contributed by atoms with Gasteiger partial charge in [0.1, 0.15) is 12.4 Å². The largest absolute Gasteiger partial charge is 0.492 e. The number of nitrogens with zero attached hydrogens (tertiary/aromatic N) is 3. The molecule has 0 spiro atoms. The van der Waals surface area contributed by atoms with Crippen LogP contribution in [0.3, 0.4) is 0 Å². The third-order valence-electron chi connectivity index (χ3n) is 4.79. The Bertz CT molecular complexity index is 532. The van der Waals surface area contributed by atoms with Gasteiger partial charge in [0, 0.05) is 33.7 Å². The van der Waals surface area contributed by atoms with Gasteiger partial charge in [-0.15, -0.1) is 0 Å². The number of hydrogen-bond donors (Lipinski definition) is 1. The molecular formula is C21H36N4O. The van der Waals surface area contributed by atoms with Crippen molar-refractivity contribution in [3.8, 4) is 5.75 Å². The highest BCUT2D eigenvalue weighted by atomic mass is 16.5. The molecule has 0 amide bonds. The van der Waals surface area contributed by atoms with Gasteiger partial charge in [0.2, 0.25) is 0 Å². The van der Waals surface area contributed by atoms with E-state index in [1.807, 2.05) is 37.4 Å². The average Bonchev–Trinajstić information content (AvgIpc) is 2.63. The van der Waals surface area contributed by atoms with Gasteiger partial charge in [-0.3, -0.25) is 4.99 Å². The molecule has 0 radical (unpaired) electrons. The minimum Gasteiger partial charge on any atom is -0.492 e. The molecule has 1 aliphatic heterocycles. The molecule has 2 rings (SSSR count). The van der Waals surface area contributed by atoms with Crippen LogP contribution in [0.1, 0.15) is 26.7 Å². The van der Waals surface area contributed by atoms with Crippen molar-refractivity contribution < 1.29 is 4.74 Å². The van der Waals surface area contributed by atoms with Crippen molar-refractivity contribution in [2.75, 3.05) is 53.4 Å². The maximum Gasteiger partial charge on any atom is 0.193 e. The molecule has 5 heteroatoms. The highest BCUT2D eigenvalue weighted by Crippen LogP contribution is 2.17. The lowest BCUT2D eigenvalue weighted by Gasteiger charge is -2.34. The summed E-state index contributed by atoms with van der Waals surface area (Å²) in [5.41, 5.74) is 0. The predicted molar refractivity (Wildman–Crippen MR) is 110 cm³/mol. The van der Waals surface area contributed by atoms with E-state index in [9.17, 15) is 0 Å². The topological polar surface area (TPSA) is 40.1 Å². The van der Waals surface area contributed by atoms with Gasteiger partial charge in [0.15, 0.2) is 5.96 Å². The minimum absolute atomic E-state index is 0.646. The normalized spacial score (nSPS) is 18.8. The zero-order chi connectivity index (χ0) is 18.8. The maximum absolute atomic E-state index is 5.79. The van der Waals surface area contributed by atoms with Gasteiger partial charge in [0.25, 0.3) is 0 Å². The first-order valence-corrected chi connectivity index (χ1v) is 9.90. The number of aliphatic imine (C=N–C) groups is 1. The van der Waals surface area contributed by atoms with Crippen LogP contribution in [-0.4, -0.2) is 69.2 Å². The molecule has 1 fully saturated rings. The number of likely N-dealkylation sites (tertiary alicyclic amines) is 1. The molecule has 0 saturated carbocycles. The summed E-state index contributed by atoms with van der Waals surface area (Å²) in [5, 5.41) is 3.56. The summed E-state index contributed by atoms with van der Waals surface area (Å²) in [5.74, 6) is 3.30. The van der Waals surface area contributed by atoms with Crippen molar-refractivity contribution in [1.82, 2.24) is 15.1 Å². The molecule has 1 unspecified atom stereocenters. The Labute approximate surface area is 159 Å². The molecule has 0 aliphatic carbocycles. The standard InChI is InChI=1S/C21H36N4O/c1-18(2)16-25-12-8-9-19(17-25)15-23-21(22-3)24(4)13-14-26-20-10-6-5-7-11-20/h5-7,10-11,18-19H,8-9,12-17H2,1-4H3,(H,22,23). The lowest BCUT2D eigenvalue weighted by Crippen LogP contribution is -2.46. The van der Waals surface area contributed by atoms with E-state index in [2.05, 4.69) is 41.0 Å². The Hall–Kier alpha value is -1.75. The van der Waals surface area contributed by atoms with Crippen LogP contribution >= 0.6 is 0 Å². The lowest BCUT2D eigenvalue weighted by molar-refractivity contribution is 0.159. The van der Waals surface area contributed by atoms with Crippen LogP contribution < -0.4 is 10.1 Å². The third kappa shape index (κ3) is 7.24. The number of hydrogen-bond acceptors (Lipinski definition) is 3. The molecule has 0 bridgehead atoms. The highest BCUT2D eigenvalue weighted by molar-refractivity contribution is 5.79. The molecule has 1 heterocycles. The molecule has 26 heavy (non-hydrogen) atoms. The SMILES string of the molecule is CN=C(NCC1CCCN(CC(C)C)C1)N(C)CCOc1ccccc1. The van der Waals surface area contributed by atoms with Gasteiger partial charge < -0.3 is 19.9 Å². The Balaban J connectivity index is 1.70. The van der Waals surface area contributed by atoms with E-state index in [1.165, 1.54) is 32.5 Å². The van der Waals surface area contributed by atoms with Gasteiger partial charge in [-0.1, -0.05) is 32.0 Å². The number of guanidine groups is 1. The molecular weight excluding hydrogens is 324 g/mol. The van der Waals surface area contributed by atoms with Crippen molar-refractivity contribution in [2.24, 2.45) is 16.8 Å². The Morgan fingerprint density at radius 1 is 1.35 bits per heavy atom. The number of likely N-dealkylation sites (N-methyl/N-ethyl adjacent to an activating group) is 1. The van der Waals surface area contributed by atoms with Crippen LogP contribution in [0.5, 0.6) is 5.75 Å². The van der Waals surface area contributed by atoms with Gasteiger partial charge in [-0.25, -0.2) is 0 Å². The zero-order valence-electron chi connectivity index (χ0n) is 16.9. The number of ether oxygens (including phenoxy) is 1. The van der Waals surface area contributed by atoms with Crippen LogP contribution in [0.2, 0.25) is 0 Å². The molecule has 1 aliphatic rings. The van der Waals surface area contributed by atoms with Crippen molar-refractivity contribution in [3.63, 3.8) is 0 Å². The third-order valence-corrected chi connectivity index (χ3v) is 4.79. The van der Waals surface area contributed by atoms with Crippen molar-refractivity contribution >= 4 is 5.96 Å². The number of nitrogens with one attached hydrogen (secondary N) is 1. The average molecular weight is 361 g/mol. The fourth-order valence-corrected chi connectivity index (χ4v) is 3.54. The molecule has 1 atom stereocenters. The van der Waals surface area contributed by atoms with E-state index < -0.39 is 0 Å². The summed E-state index contributed by atoms with van der Waals surface area (Å²) >= 11 is 0. The van der Waals surface area contributed by atoms with E-state index in [1.54, 1.807) is 0 Å². The van der Waals surface area contributed by atoms with Crippen LogP contribution in [0, 0.1) is 11.8 Å². The van der Waals surface area contributed by atoms with Gasteiger partial charge in [0.05, 0.1) is 6.54 Å². The first-order valence-electron chi connectivity index (χ1n) is 9.90. The first kappa shape index (κ1) is 20.6. The summed E-state index contributed by atoms with van der Waals surface area (Å²) in [6.45, 7) is 10.7. The molecule has 5 nitrogen and oxygen atoms in total. The number of piperidine rings is 1. The van der Waals surface area contributed by atoms with Crippen molar-refractivity contribution in [1.29, 1.82) is 0 Å². The molecule has 1 N–H and O–H groups in total. The number of benzene rings is 1. The van der Waals surface area contributed by atoms with Gasteiger partial charge >= 0.3 is 0 Å². The Morgan fingerprint density at radius 3 is 2.81 bits per heavy atom. The fourth-order valence-electron chi connectivity index (χ4n) is 3.54. The summed E-state index contributed by atoms with van der Waals surface area (Å²) in [4.78, 5) is 9.18. The van der Waals surface area contributed by atoms with Crippen LogP contribution in [0.4, 0.5) is 0 Å².